The highest BCUT2D eigenvalue weighted by Gasteiger charge is 2.23. The van der Waals surface area contributed by atoms with Crippen LogP contribution >= 0.6 is 0 Å². The second-order valence-corrected chi connectivity index (χ2v) is 12.9. The lowest BCUT2D eigenvalue weighted by molar-refractivity contribution is 0.669. The number of hydrogen-bond acceptors (Lipinski definition) is 4. The molecule has 0 atom stereocenters. The fraction of sp³-hybridized carbons (Fsp3) is 0. The average molecular weight is 654 g/mol. The Morgan fingerprint density at radius 3 is 1.65 bits per heavy atom. The number of nitrogens with zero attached hydrogens (tertiary/aromatic N) is 5. The van der Waals surface area contributed by atoms with Gasteiger partial charge in [-0.25, -0.2) is 4.98 Å². The van der Waals surface area contributed by atoms with Gasteiger partial charge in [0.2, 0.25) is 5.95 Å². The van der Waals surface area contributed by atoms with Gasteiger partial charge in [0.15, 0.2) is 11.6 Å². The Labute approximate surface area is 291 Å². The van der Waals surface area contributed by atoms with Gasteiger partial charge in [-0.2, -0.15) is 9.97 Å². The van der Waals surface area contributed by atoms with Crippen LogP contribution in [-0.2, 0) is 0 Å². The van der Waals surface area contributed by atoms with Crippen LogP contribution in [-0.4, -0.2) is 24.1 Å². The summed E-state index contributed by atoms with van der Waals surface area (Å²) in [5, 5.41) is 6.71. The molecule has 4 heterocycles. The lowest BCUT2D eigenvalue weighted by Crippen LogP contribution is -2.07. The Kier molecular flexibility index (Phi) is 5.86. The topological polar surface area (TPSA) is 61.7 Å². The van der Waals surface area contributed by atoms with Gasteiger partial charge in [0.25, 0.3) is 0 Å². The lowest BCUT2D eigenvalue weighted by Gasteiger charge is -2.13. The summed E-state index contributed by atoms with van der Waals surface area (Å²) in [6.45, 7) is 0. The summed E-state index contributed by atoms with van der Waals surface area (Å²) in [5.74, 6) is 1.75. The summed E-state index contributed by atoms with van der Waals surface area (Å²) in [4.78, 5) is 15.7. The Morgan fingerprint density at radius 1 is 0.373 bits per heavy atom. The van der Waals surface area contributed by atoms with E-state index >= 15 is 0 Å². The van der Waals surface area contributed by atoms with Gasteiger partial charge < -0.3 is 8.98 Å². The maximum atomic E-state index is 6.17. The average Bonchev–Trinajstić information content (AvgIpc) is 3.86. The third-order valence-electron chi connectivity index (χ3n) is 9.97. The van der Waals surface area contributed by atoms with Crippen LogP contribution in [0, 0.1) is 0 Å². The summed E-state index contributed by atoms with van der Waals surface area (Å²) in [7, 11) is 0. The van der Waals surface area contributed by atoms with Crippen LogP contribution in [0.4, 0.5) is 0 Å². The molecule has 0 spiro atoms. The van der Waals surface area contributed by atoms with Gasteiger partial charge in [-0.1, -0.05) is 115 Å². The molecule has 0 radical (unpaired) electrons. The second-order valence-electron chi connectivity index (χ2n) is 12.9. The van der Waals surface area contributed by atoms with Gasteiger partial charge in [0.05, 0.1) is 22.1 Å². The highest BCUT2D eigenvalue weighted by Crippen LogP contribution is 2.41. The first-order valence-corrected chi connectivity index (χ1v) is 17.0. The smallest absolute Gasteiger partial charge is 0.238 e. The Morgan fingerprint density at radius 2 is 0.922 bits per heavy atom. The van der Waals surface area contributed by atoms with Gasteiger partial charge in [-0.05, 0) is 48.5 Å². The van der Waals surface area contributed by atoms with Crippen LogP contribution in [0.2, 0.25) is 0 Å². The molecule has 0 aliphatic carbocycles. The molecule has 6 heteroatoms. The number of furan rings is 1. The van der Waals surface area contributed by atoms with Crippen molar-refractivity contribution in [2.45, 2.75) is 0 Å². The van der Waals surface area contributed by atoms with Crippen LogP contribution in [0.1, 0.15) is 0 Å². The predicted octanol–water partition coefficient (Wildman–Crippen LogP) is 11.3. The third-order valence-corrected chi connectivity index (χ3v) is 9.97. The molecule has 0 aliphatic heterocycles. The van der Waals surface area contributed by atoms with E-state index in [2.05, 4.69) is 112 Å². The SMILES string of the molecule is c1ccc(-c2nc(-c3ccc4oc5ccccc5c4c3)nc(-n3c4ccccc4c4ccc5c6ccccc6n(-c6ccccc6)c5c43)n2)cc1. The summed E-state index contributed by atoms with van der Waals surface area (Å²) in [5.41, 5.74) is 8.90. The molecule has 0 amide bonds. The number of aromatic nitrogens is 5. The first-order valence-electron chi connectivity index (χ1n) is 17.0. The molecule has 0 fully saturated rings. The molecule has 7 aromatic carbocycles. The molecule has 0 aliphatic rings. The van der Waals surface area contributed by atoms with Crippen molar-refractivity contribution in [1.82, 2.24) is 24.1 Å². The van der Waals surface area contributed by atoms with Crippen LogP contribution in [0.25, 0.3) is 100.0 Å². The highest BCUT2D eigenvalue weighted by atomic mass is 16.3. The zero-order chi connectivity index (χ0) is 33.5. The van der Waals surface area contributed by atoms with E-state index in [0.717, 1.165) is 71.6 Å². The van der Waals surface area contributed by atoms with Crippen LogP contribution < -0.4 is 0 Å². The minimum Gasteiger partial charge on any atom is -0.456 e. The van der Waals surface area contributed by atoms with Gasteiger partial charge >= 0.3 is 0 Å². The van der Waals surface area contributed by atoms with Crippen LogP contribution in [0.15, 0.2) is 168 Å². The Balaban J connectivity index is 1.28. The highest BCUT2D eigenvalue weighted by molar-refractivity contribution is 6.23. The van der Waals surface area contributed by atoms with E-state index in [0.29, 0.717) is 17.6 Å². The standard InChI is InChI=1S/C45H27N5O/c1-3-13-28(14-4-1)43-46-44(29-23-26-40-36(27-29)33-19-9-12-22-39(33)51-40)48-45(47-43)50-38-21-11-8-18-32(38)35-25-24-34-31-17-7-10-20-37(31)49(41(34)42(35)50)30-15-5-2-6-16-30/h1-27H. The minimum absolute atomic E-state index is 0.555. The zero-order valence-corrected chi connectivity index (χ0v) is 27.2. The van der Waals surface area contributed by atoms with Gasteiger partial charge in [0, 0.05) is 49.1 Å². The molecular formula is C45H27N5O. The molecule has 0 bridgehead atoms. The van der Waals surface area contributed by atoms with Gasteiger partial charge in [-0.15, -0.1) is 0 Å². The number of fused-ring (bicyclic) bond motifs is 10. The monoisotopic (exact) mass is 653 g/mol. The fourth-order valence-electron chi connectivity index (χ4n) is 7.73. The largest absolute Gasteiger partial charge is 0.456 e. The molecule has 4 aromatic heterocycles. The van der Waals surface area contributed by atoms with E-state index in [1.54, 1.807) is 0 Å². The van der Waals surface area contributed by atoms with Crippen molar-refractivity contribution in [2.75, 3.05) is 0 Å². The number of hydrogen-bond donors (Lipinski definition) is 0. The summed E-state index contributed by atoms with van der Waals surface area (Å²) in [6.07, 6.45) is 0. The number of benzene rings is 7. The first kappa shape index (κ1) is 27.9. The molecule has 51 heavy (non-hydrogen) atoms. The number of rotatable bonds is 4. The number of para-hydroxylation sites is 4. The van der Waals surface area contributed by atoms with Crippen molar-refractivity contribution < 1.29 is 4.42 Å². The second kappa shape index (κ2) is 10.7. The Bertz CT molecular complexity index is 3140. The quantitative estimate of drug-likeness (QED) is 0.190. The third kappa shape index (κ3) is 4.14. The maximum Gasteiger partial charge on any atom is 0.238 e. The van der Waals surface area contributed by atoms with Crippen LogP contribution in [0.5, 0.6) is 0 Å². The van der Waals surface area contributed by atoms with E-state index in [-0.39, 0.29) is 0 Å². The van der Waals surface area contributed by atoms with Crippen molar-refractivity contribution in [3.05, 3.63) is 164 Å². The maximum absolute atomic E-state index is 6.17. The molecule has 0 unspecified atom stereocenters. The zero-order valence-electron chi connectivity index (χ0n) is 27.2. The molecule has 6 nitrogen and oxygen atoms in total. The molecule has 11 aromatic rings. The van der Waals surface area contributed by atoms with E-state index < -0.39 is 0 Å². The van der Waals surface area contributed by atoms with Crippen molar-refractivity contribution in [3.63, 3.8) is 0 Å². The molecule has 11 rings (SSSR count). The molecule has 0 saturated carbocycles. The lowest BCUT2D eigenvalue weighted by atomic mass is 10.1. The minimum atomic E-state index is 0.555. The summed E-state index contributed by atoms with van der Waals surface area (Å²) >= 11 is 0. The molecular weight excluding hydrogens is 627 g/mol. The van der Waals surface area contributed by atoms with Crippen molar-refractivity contribution in [2.24, 2.45) is 0 Å². The van der Waals surface area contributed by atoms with E-state index in [1.165, 1.54) is 10.8 Å². The van der Waals surface area contributed by atoms with E-state index in [9.17, 15) is 0 Å². The van der Waals surface area contributed by atoms with Crippen LogP contribution in [0.3, 0.4) is 0 Å². The van der Waals surface area contributed by atoms with Gasteiger partial charge in [-0.3, -0.25) is 4.57 Å². The molecule has 238 valence electrons. The summed E-state index contributed by atoms with van der Waals surface area (Å²) < 4.78 is 10.8. The predicted molar refractivity (Wildman–Crippen MR) is 207 cm³/mol. The van der Waals surface area contributed by atoms with Gasteiger partial charge in [0.1, 0.15) is 11.2 Å². The van der Waals surface area contributed by atoms with E-state index in [1.807, 2.05) is 60.7 Å². The van der Waals surface area contributed by atoms with Crippen molar-refractivity contribution >= 4 is 65.6 Å². The molecule has 0 saturated heterocycles. The van der Waals surface area contributed by atoms with Crippen molar-refractivity contribution in [1.29, 1.82) is 0 Å². The normalized spacial score (nSPS) is 11.9. The van der Waals surface area contributed by atoms with Crippen molar-refractivity contribution in [3.8, 4) is 34.4 Å². The first-order chi connectivity index (χ1) is 25.3. The van der Waals surface area contributed by atoms with E-state index in [4.69, 9.17) is 19.4 Å². The Hall–Kier alpha value is -7.05. The fourth-order valence-corrected chi connectivity index (χ4v) is 7.73. The summed E-state index contributed by atoms with van der Waals surface area (Å²) in [6, 6.07) is 56.7. The molecule has 0 N–H and O–H groups in total.